The molecule has 0 fully saturated rings. The SMILES string of the molecule is Cn1c(SCC(=O)c2ccc3c(c2)CCCN3S(C)(=O)=O)nnc1-c1ccc(C(C)(C)C)cc1. The van der Waals surface area contributed by atoms with E-state index in [1.54, 1.807) is 12.1 Å². The second kappa shape index (κ2) is 9.19. The zero-order chi connectivity index (χ0) is 24.7. The number of aromatic nitrogens is 3. The average molecular weight is 499 g/mol. The van der Waals surface area contributed by atoms with E-state index in [1.165, 1.54) is 27.9 Å². The summed E-state index contributed by atoms with van der Waals surface area (Å²) < 4.78 is 27.5. The van der Waals surface area contributed by atoms with E-state index < -0.39 is 10.0 Å². The zero-order valence-corrected chi connectivity index (χ0v) is 21.8. The van der Waals surface area contributed by atoms with Gasteiger partial charge in [0.2, 0.25) is 10.0 Å². The van der Waals surface area contributed by atoms with Gasteiger partial charge in [-0.3, -0.25) is 9.10 Å². The molecular formula is C25H30N4O3S2. The fraction of sp³-hybridized carbons (Fsp3) is 0.400. The van der Waals surface area contributed by atoms with Gasteiger partial charge in [0.05, 0.1) is 17.7 Å². The summed E-state index contributed by atoms with van der Waals surface area (Å²) in [5.74, 6) is 0.956. The molecule has 2 heterocycles. The largest absolute Gasteiger partial charge is 0.305 e. The van der Waals surface area contributed by atoms with Crippen molar-refractivity contribution in [3.8, 4) is 11.4 Å². The average Bonchev–Trinajstić information content (AvgIpc) is 3.15. The van der Waals surface area contributed by atoms with Crippen LogP contribution in [0.15, 0.2) is 47.6 Å². The van der Waals surface area contributed by atoms with E-state index in [4.69, 9.17) is 0 Å². The summed E-state index contributed by atoms with van der Waals surface area (Å²) in [5.41, 5.74) is 4.47. The van der Waals surface area contributed by atoms with Gasteiger partial charge in [0.25, 0.3) is 0 Å². The van der Waals surface area contributed by atoms with Gasteiger partial charge in [0.15, 0.2) is 16.8 Å². The van der Waals surface area contributed by atoms with Crippen LogP contribution in [-0.4, -0.2) is 47.5 Å². The smallest absolute Gasteiger partial charge is 0.232 e. The van der Waals surface area contributed by atoms with Gasteiger partial charge >= 0.3 is 0 Å². The van der Waals surface area contributed by atoms with Gasteiger partial charge in [0.1, 0.15) is 0 Å². The maximum Gasteiger partial charge on any atom is 0.232 e. The molecule has 3 aromatic rings. The Balaban J connectivity index is 1.47. The molecule has 0 aliphatic carbocycles. The molecule has 0 unspecified atom stereocenters. The van der Waals surface area contributed by atoms with Gasteiger partial charge in [-0.1, -0.05) is 56.8 Å². The van der Waals surface area contributed by atoms with Crippen LogP contribution in [-0.2, 0) is 28.9 Å². The van der Waals surface area contributed by atoms with Crippen LogP contribution in [0.3, 0.4) is 0 Å². The van der Waals surface area contributed by atoms with Gasteiger partial charge in [-0.15, -0.1) is 10.2 Å². The number of nitrogens with zero attached hydrogens (tertiary/aromatic N) is 4. The van der Waals surface area contributed by atoms with Crippen LogP contribution in [0.1, 0.15) is 48.7 Å². The van der Waals surface area contributed by atoms with Crippen LogP contribution in [0.2, 0.25) is 0 Å². The fourth-order valence-corrected chi connectivity index (χ4v) is 5.91. The van der Waals surface area contributed by atoms with E-state index in [2.05, 4.69) is 55.2 Å². The lowest BCUT2D eigenvalue weighted by atomic mass is 9.87. The Labute approximate surface area is 205 Å². The lowest BCUT2D eigenvalue weighted by molar-refractivity contribution is 0.102. The molecule has 0 amide bonds. The number of ketones is 1. The van der Waals surface area contributed by atoms with Crippen molar-refractivity contribution in [1.29, 1.82) is 0 Å². The molecule has 0 saturated carbocycles. The summed E-state index contributed by atoms with van der Waals surface area (Å²) in [4.78, 5) is 12.9. The Morgan fingerprint density at radius 3 is 2.44 bits per heavy atom. The molecule has 0 bridgehead atoms. The highest BCUT2D eigenvalue weighted by atomic mass is 32.2. The van der Waals surface area contributed by atoms with Crippen molar-refractivity contribution in [2.45, 2.75) is 44.2 Å². The molecule has 1 aliphatic heterocycles. The van der Waals surface area contributed by atoms with Crippen LogP contribution in [0.5, 0.6) is 0 Å². The number of hydrogen-bond acceptors (Lipinski definition) is 6. The monoisotopic (exact) mass is 498 g/mol. The van der Waals surface area contributed by atoms with Crippen LogP contribution >= 0.6 is 11.8 Å². The Morgan fingerprint density at radius 2 is 1.79 bits per heavy atom. The van der Waals surface area contributed by atoms with Crippen molar-refractivity contribution < 1.29 is 13.2 Å². The number of fused-ring (bicyclic) bond motifs is 1. The number of anilines is 1. The normalized spacial score (nSPS) is 14.2. The molecule has 1 aliphatic rings. The number of carbonyl (C=O) groups is 1. The third-order valence-electron chi connectivity index (χ3n) is 6.05. The number of Topliss-reactive ketones (excluding diaryl/α,β-unsaturated/α-hetero) is 1. The van der Waals surface area contributed by atoms with E-state index in [-0.39, 0.29) is 17.0 Å². The fourth-order valence-electron chi connectivity index (χ4n) is 4.11. The van der Waals surface area contributed by atoms with Crippen LogP contribution in [0.25, 0.3) is 11.4 Å². The molecule has 2 aromatic carbocycles. The zero-order valence-electron chi connectivity index (χ0n) is 20.2. The van der Waals surface area contributed by atoms with E-state index >= 15 is 0 Å². The molecule has 0 atom stereocenters. The first-order chi connectivity index (χ1) is 15.9. The van der Waals surface area contributed by atoms with Gasteiger partial charge in [-0.05, 0) is 47.6 Å². The lowest BCUT2D eigenvalue weighted by Gasteiger charge is -2.29. The first kappa shape index (κ1) is 24.5. The summed E-state index contributed by atoms with van der Waals surface area (Å²) >= 11 is 1.35. The second-order valence-corrected chi connectivity index (χ2v) is 12.5. The molecule has 7 nitrogen and oxygen atoms in total. The maximum absolute atomic E-state index is 12.9. The van der Waals surface area contributed by atoms with E-state index in [0.29, 0.717) is 23.0 Å². The minimum Gasteiger partial charge on any atom is -0.305 e. The molecular weight excluding hydrogens is 468 g/mol. The first-order valence-electron chi connectivity index (χ1n) is 11.2. The van der Waals surface area contributed by atoms with Crippen LogP contribution < -0.4 is 4.31 Å². The molecule has 180 valence electrons. The summed E-state index contributed by atoms with van der Waals surface area (Å²) in [6.07, 6.45) is 2.72. The van der Waals surface area contributed by atoms with E-state index in [1.807, 2.05) is 17.7 Å². The Morgan fingerprint density at radius 1 is 1.09 bits per heavy atom. The number of hydrogen-bond donors (Lipinski definition) is 0. The van der Waals surface area contributed by atoms with Crippen molar-refractivity contribution in [2.75, 3.05) is 22.9 Å². The minimum atomic E-state index is -3.33. The predicted octanol–water partition coefficient (Wildman–Crippen LogP) is 4.47. The highest BCUT2D eigenvalue weighted by Gasteiger charge is 2.25. The van der Waals surface area contributed by atoms with E-state index in [0.717, 1.165) is 29.8 Å². The predicted molar refractivity (Wildman–Crippen MR) is 137 cm³/mol. The van der Waals surface area contributed by atoms with Gasteiger partial charge in [0, 0.05) is 24.7 Å². The third-order valence-corrected chi connectivity index (χ3v) is 8.25. The highest BCUT2D eigenvalue weighted by Crippen LogP contribution is 2.31. The highest BCUT2D eigenvalue weighted by molar-refractivity contribution is 7.99. The van der Waals surface area contributed by atoms with Crippen molar-refractivity contribution >= 4 is 33.3 Å². The molecule has 0 spiro atoms. The Bertz CT molecular complexity index is 1320. The Kier molecular flexibility index (Phi) is 6.61. The molecule has 0 saturated heterocycles. The van der Waals surface area contributed by atoms with Gasteiger partial charge < -0.3 is 4.57 Å². The number of carbonyl (C=O) groups excluding carboxylic acids is 1. The summed E-state index contributed by atoms with van der Waals surface area (Å²) in [7, 11) is -1.43. The first-order valence-corrected chi connectivity index (χ1v) is 14.1. The summed E-state index contributed by atoms with van der Waals surface area (Å²) in [5, 5.41) is 9.29. The number of sulfonamides is 1. The number of aryl methyl sites for hydroxylation is 1. The van der Waals surface area contributed by atoms with Gasteiger partial charge in [-0.25, -0.2) is 8.42 Å². The molecule has 9 heteroatoms. The third kappa shape index (κ3) is 5.05. The topological polar surface area (TPSA) is 85.2 Å². The van der Waals surface area contributed by atoms with Crippen molar-refractivity contribution in [2.24, 2.45) is 7.05 Å². The van der Waals surface area contributed by atoms with Crippen LogP contribution in [0.4, 0.5) is 5.69 Å². The molecule has 1 aromatic heterocycles. The van der Waals surface area contributed by atoms with Crippen molar-refractivity contribution in [3.05, 3.63) is 59.2 Å². The Hall–Kier alpha value is -2.65. The molecule has 34 heavy (non-hydrogen) atoms. The number of benzene rings is 2. The maximum atomic E-state index is 12.9. The molecule has 0 radical (unpaired) electrons. The molecule has 4 rings (SSSR count). The lowest BCUT2D eigenvalue weighted by Crippen LogP contribution is -2.34. The van der Waals surface area contributed by atoms with Crippen LogP contribution in [0, 0.1) is 0 Å². The van der Waals surface area contributed by atoms with Crippen molar-refractivity contribution in [3.63, 3.8) is 0 Å². The van der Waals surface area contributed by atoms with E-state index in [9.17, 15) is 13.2 Å². The minimum absolute atomic E-state index is 0.0247. The number of thioether (sulfide) groups is 1. The summed E-state index contributed by atoms with van der Waals surface area (Å²) in [6.45, 7) is 7.02. The number of rotatable bonds is 6. The van der Waals surface area contributed by atoms with Crippen molar-refractivity contribution in [1.82, 2.24) is 14.8 Å². The summed E-state index contributed by atoms with van der Waals surface area (Å²) in [6, 6.07) is 13.6. The van der Waals surface area contributed by atoms with Gasteiger partial charge in [-0.2, -0.15) is 0 Å². The molecule has 0 N–H and O–H groups in total. The standard InChI is InChI=1S/C25H30N4O3S2/c1-25(2,3)20-11-8-17(9-12-20)23-26-27-24(28(23)4)33-16-22(30)19-10-13-21-18(15-19)7-6-14-29(21)34(5,31)32/h8-13,15H,6-7,14,16H2,1-5H3. The second-order valence-electron chi connectivity index (χ2n) is 9.69. The quantitative estimate of drug-likeness (QED) is 0.368.